The zero-order valence-corrected chi connectivity index (χ0v) is 19.0. The number of unbranched alkanes of at least 4 members (excludes halogenated alkanes) is 3. The third kappa shape index (κ3) is 6.88. The number of halogens is 3. The van der Waals surface area contributed by atoms with Crippen molar-refractivity contribution in [1.29, 1.82) is 0 Å². The summed E-state index contributed by atoms with van der Waals surface area (Å²) in [7, 11) is 0. The Labute approximate surface area is 189 Å². The lowest BCUT2D eigenvalue weighted by molar-refractivity contribution is -0.137. The number of benzene rings is 1. The van der Waals surface area contributed by atoms with Gasteiger partial charge in [-0.15, -0.1) is 0 Å². The number of carbonyl (C=O) groups excluding carboxylic acids is 1. The molecular formula is C26H35F3N2O. The van der Waals surface area contributed by atoms with Gasteiger partial charge in [-0.2, -0.15) is 13.2 Å². The fourth-order valence-corrected chi connectivity index (χ4v) is 4.62. The van der Waals surface area contributed by atoms with E-state index in [0.29, 0.717) is 25.1 Å². The van der Waals surface area contributed by atoms with Gasteiger partial charge in [0.05, 0.1) is 12.1 Å². The van der Waals surface area contributed by atoms with E-state index in [9.17, 15) is 18.0 Å². The number of hydrogen-bond donors (Lipinski definition) is 0. The number of nitrogens with zero attached hydrogens (tertiary/aromatic N) is 2. The fraction of sp³-hybridized carbons (Fsp3) is 0.577. The van der Waals surface area contributed by atoms with Gasteiger partial charge in [-0.05, 0) is 49.1 Å². The SMILES string of the molecule is CCCCCCC(=O)N(Cc1cccn1Cc1cccc(C(F)(F)F)c1)C1CCCCC1. The first kappa shape index (κ1) is 24.4. The van der Waals surface area contributed by atoms with Crippen molar-refractivity contribution < 1.29 is 18.0 Å². The Morgan fingerprint density at radius 2 is 1.84 bits per heavy atom. The molecular weight excluding hydrogens is 413 g/mol. The standard InChI is InChI=1S/C26H35F3N2O/c1-2-3-4-8-16-25(32)31(23-13-6-5-7-14-23)20-24-15-10-17-30(24)19-21-11-9-12-22(18-21)26(27,28)29/h9-12,15,17-18,23H,2-8,13-14,16,19-20H2,1H3. The summed E-state index contributed by atoms with van der Waals surface area (Å²) in [6.45, 7) is 3.04. The molecule has 1 aliphatic carbocycles. The zero-order chi connectivity index (χ0) is 23.0. The van der Waals surface area contributed by atoms with Crippen molar-refractivity contribution in [3.05, 3.63) is 59.4 Å². The van der Waals surface area contributed by atoms with Crippen molar-refractivity contribution in [2.75, 3.05) is 0 Å². The van der Waals surface area contributed by atoms with Gasteiger partial charge in [0, 0.05) is 30.9 Å². The van der Waals surface area contributed by atoms with Crippen LogP contribution in [0.3, 0.4) is 0 Å². The monoisotopic (exact) mass is 448 g/mol. The number of hydrogen-bond acceptors (Lipinski definition) is 1. The summed E-state index contributed by atoms with van der Waals surface area (Å²) in [5.74, 6) is 0.208. The third-order valence-corrected chi connectivity index (χ3v) is 6.44. The van der Waals surface area contributed by atoms with Crippen LogP contribution in [-0.2, 0) is 24.1 Å². The molecule has 1 amide bonds. The van der Waals surface area contributed by atoms with E-state index in [1.54, 1.807) is 6.07 Å². The molecule has 176 valence electrons. The molecule has 0 saturated heterocycles. The maximum atomic E-state index is 13.1. The van der Waals surface area contributed by atoms with Crippen molar-refractivity contribution in [2.45, 2.75) is 96.4 Å². The summed E-state index contributed by atoms with van der Waals surface area (Å²) in [4.78, 5) is 15.2. The highest BCUT2D eigenvalue weighted by molar-refractivity contribution is 5.76. The molecule has 0 bridgehead atoms. The second-order valence-electron chi connectivity index (χ2n) is 8.95. The van der Waals surface area contributed by atoms with Crippen LogP contribution in [0.2, 0.25) is 0 Å². The van der Waals surface area contributed by atoms with Crippen LogP contribution in [0.25, 0.3) is 0 Å². The number of alkyl halides is 3. The minimum Gasteiger partial charge on any atom is -0.345 e. The minimum absolute atomic E-state index is 0.208. The summed E-state index contributed by atoms with van der Waals surface area (Å²) < 4.78 is 41.2. The molecule has 3 nitrogen and oxygen atoms in total. The molecule has 1 aromatic heterocycles. The Balaban J connectivity index is 1.73. The summed E-state index contributed by atoms with van der Waals surface area (Å²) in [6.07, 6.45) is 7.99. The molecule has 1 heterocycles. The molecule has 0 spiro atoms. The van der Waals surface area contributed by atoms with Crippen LogP contribution in [0.4, 0.5) is 13.2 Å². The van der Waals surface area contributed by atoms with E-state index in [-0.39, 0.29) is 11.9 Å². The van der Waals surface area contributed by atoms with Crippen molar-refractivity contribution in [1.82, 2.24) is 9.47 Å². The van der Waals surface area contributed by atoms with E-state index in [4.69, 9.17) is 0 Å². The molecule has 32 heavy (non-hydrogen) atoms. The van der Waals surface area contributed by atoms with Gasteiger partial charge in [0.2, 0.25) is 5.91 Å². The summed E-state index contributed by atoms with van der Waals surface area (Å²) >= 11 is 0. The summed E-state index contributed by atoms with van der Waals surface area (Å²) in [5, 5.41) is 0. The third-order valence-electron chi connectivity index (χ3n) is 6.44. The van der Waals surface area contributed by atoms with Crippen LogP contribution in [-0.4, -0.2) is 21.4 Å². The minimum atomic E-state index is -4.35. The van der Waals surface area contributed by atoms with Gasteiger partial charge in [-0.3, -0.25) is 4.79 Å². The first-order valence-electron chi connectivity index (χ1n) is 12.0. The van der Waals surface area contributed by atoms with Gasteiger partial charge in [-0.1, -0.05) is 57.6 Å². The van der Waals surface area contributed by atoms with Crippen LogP contribution in [0.15, 0.2) is 42.6 Å². The molecule has 0 radical (unpaired) electrons. The van der Waals surface area contributed by atoms with E-state index < -0.39 is 11.7 Å². The van der Waals surface area contributed by atoms with E-state index in [1.165, 1.54) is 18.6 Å². The van der Waals surface area contributed by atoms with E-state index in [0.717, 1.165) is 63.1 Å². The molecule has 1 fully saturated rings. The molecule has 0 N–H and O–H groups in total. The molecule has 0 aliphatic heterocycles. The molecule has 3 rings (SSSR count). The van der Waals surface area contributed by atoms with Crippen molar-refractivity contribution >= 4 is 5.91 Å². The van der Waals surface area contributed by atoms with Crippen molar-refractivity contribution in [3.8, 4) is 0 Å². The average Bonchev–Trinajstić information content (AvgIpc) is 3.21. The van der Waals surface area contributed by atoms with Crippen LogP contribution in [0.1, 0.15) is 88.0 Å². The van der Waals surface area contributed by atoms with Gasteiger partial charge >= 0.3 is 6.18 Å². The van der Waals surface area contributed by atoms with Gasteiger partial charge < -0.3 is 9.47 Å². The first-order chi connectivity index (χ1) is 15.4. The van der Waals surface area contributed by atoms with Crippen LogP contribution < -0.4 is 0 Å². The predicted octanol–water partition coefficient (Wildman–Crippen LogP) is 7.19. The second-order valence-corrected chi connectivity index (χ2v) is 8.95. The van der Waals surface area contributed by atoms with Crippen LogP contribution >= 0.6 is 0 Å². The molecule has 6 heteroatoms. The molecule has 1 aliphatic rings. The second kappa shape index (κ2) is 11.6. The van der Waals surface area contributed by atoms with Gasteiger partial charge in [0.25, 0.3) is 0 Å². The summed E-state index contributed by atoms with van der Waals surface area (Å²) in [5.41, 5.74) is 0.942. The quantitative estimate of drug-likeness (QED) is 0.353. The van der Waals surface area contributed by atoms with Gasteiger partial charge in [0.1, 0.15) is 0 Å². The number of rotatable bonds is 10. The Kier molecular flexibility index (Phi) is 8.83. The molecule has 0 unspecified atom stereocenters. The van der Waals surface area contributed by atoms with E-state index in [1.807, 2.05) is 27.8 Å². The lowest BCUT2D eigenvalue weighted by Gasteiger charge is -2.35. The van der Waals surface area contributed by atoms with E-state index >= 15 is 0 Å². The van der Waals surface area contributed by atoms with E-state index in [2.05, 4.69) is 6.92 Å². The molecule has 2 aromatic rings. The smallest absolute Gasteiger partial charge is 0.345 e. The highest BCUT2D eigenvalue weighted by atomic mass is 19.4. The fourth-order valence-electron chi connectivity index (χ4n) is 4.62. The number of carbonyl (C=O) groups is 1. The van der Waals surface area contributed by atoms with Crippen LogP contribution in [0, 0.1) is 0 Å². The molecule has 1 aromatic carbocycles. The predicted molar refractivity (Wildman–Crippen MR) is 121 cm³/mol. The maximum Gasteiger partial charge on any atom is 0.416 e. The topological polar surface area (TPSA) is 25.2 Å². The van der Waals surface area contributed by atoms with Crippen molar-refractivity contribution in [2.24, 2.45) is 0 Å². The average molecular weight is 449 g/mol. The number of amides is 1. The maximum absolute atomic E-state index is 13.1. The zero-order valence-electron chi connectivity index (χ0n) is 19.0. The molecule has 1 saturated carbocycles. The van der Waals surface area contributed by atoms with Gasteiger partial charge in [-0.25, -0.2) is 0 Å². The Bertz CT molecular complexity index is 853. The van der Waals surface area contributed by atoms with Crippen molar-refractivity contribution in [3.63, 3.8) is 0 Å². The lowest BCUT2D eigenvalue weighted by atomic mass is 9.93. The Morgan fingerprint density at radius 3 is 2.56 bits per heavy atom. The highest BCUT2D eigenvalue weighted by Crippen LogP contribution is 2.30. The van der Waals surface area contributed by atoms with Gasteiger partial charge in [0.15, 0.2) is 0 Å². The number of aromatic nitrogens is 1. The summed E-state index contributed by atoms with van der Waals surface area (Å²) in [6, 6.07) is 9.64. The largest absolute Gasteiger partial charge is 0.416 e. The first-order valence-corrected chi connectivity index (χ1v) is 12.0. The normalized spacial score (nSPS) is 15.1. The lowest BCUT2D eigenvalue weighted by Crippen LogP contribution is -2.41. The highest BCUT2D eigenvalue weighted by Gasteiger charge is 2.30. The Morgan fingerprint density at radius 1 is 1.06 bits per heavy atom. The molecule has 0 atom stereocenters. The van der Waals surface area contributed by atoms with Crippen LogP contribution in [0.5, 0.6) is 0 Å². The Hall–Kier alpha value is -2.24.